The number of carbonyl (C=O) groups is 2. The van der Waals surface area contributed by atoms with Gasteiger partial charge in [-0.25, -0.2) is 0 Å². The van der Waals surface area contributed by atoms with Gasteiger partial charge in [0.25, 0.3) is 5.91 Å². The number of aromatic nitrogens is 2. The highest BCUT2D eigenvalue weighted by atomic mass is 16.3. The number of nitrogens with zero attached hydrogens (tertiary/aromatic N) is 2. The molecule has 0 saturated carbocycles. The Morgan fingerprint density at radius 3 is 2.56 bits per heavy atom. The molecule has 1 saturated heterocycles. The largest absolute Gasteiger partial charge is 0.391 e. The standard InChI is InChI=1S/C19H23N3O3/c1-11-17(12(2)21-18(11)13(3)23)19(25)22-9-15(16(24)10-22)8-14-4-6-20-7-5-14/h4-7,15-16,21,24H,8-10H2,1-3H3/t15-,16+/m1/s1. The highest BCUT2D eigenvalue weighted by Crippen LogP contribution is 2.26. The van der Waals surface area contributed by atoms with Crippen LogP contribution in [0.4, 0.5) is 0 Å². The molecular formula is C19H23N3O3. The number of aliphatic hydroxyl groups excluding tert-OH is 1. The molecule has 0 radical (unpaired) electrons. The minimum absolute atomic E-state index is 0.00168. The van der Waals surface area contributed by atoms with E-state index in [4.69, 9.17) is 0 Å². The van der Waals surface area contributed by atoms with Crippen molar-refractivity contribution in [3.8, 4) is 0 Å². The number of pyridine rings is 1. The third kappa shape index (κ3) is 3.35. The summed E-state index contributed by atoms with van der Waals surface area (Å²) in [5.41, 5.74) is 3.50. The van der Waals surface area contributed by atoms with Crippen molar-refractivity contribution in [2.24, 2.45) is 5.92 Å². The Bertz CT molecular complexity index is 798. The summed E-state index contributed by atoms with van der Waals surface area (Å²) in [7, 11) is 0. The summed E-state index contributed by atoms with van der Waals surface area (Å²) in [6.07, 6.45) is 3.62. The van der Waals surface area contributed by atoms with E-state index in [0.29, 0.717) is 42.0 Å². The third-order valence-corrected chi connectivity index (χ3v) is 4.94. The zero-order chi connectivity index (χ0) is 18.1. The van der Waals surface area contributed by atoms with Gasteiger partial charge in [0.05, 0.1) is 17.4 Å². The molecule has 0 bridgehead atoms. The van der Waals surface area contributed by atoms with Gasteiger partial charge in [-0.05, 0) is 43.5 Å². The predicted molar refractivity (Wildman–Crippen MR) is 93.6 cm³/mol. The van der Waals surface area contributed by atoms with E-state index in [9.17, 15) is 14.7 Å². The third-order valence-electron chi connectivity index (χ3n) is 4.94. The molecule has 3 rings (SSSR count). The number of carbonyl (C=O) groups excluding carboxylic acids is 2. The maximum absolute atomic E-state index is 12.9. The van der Waals surface area contributed by atoms with Gasteiger partial charge < -0.3 is 15.0 Å². The molecule has 0 aromatic carbocycles. The Balaban J connectivity index is 1.77. The number of amides is 1. The number of hydrogen-bond acceptors (Lipinski definition) is 4. The lowest BCUT2D eigenvalue weighted by Crippen LogP contribution is -2.30. The number of aryl methyl sites for hydroxylation is 1. The van der Waals surface area contributed by atoms with Crippen LogP contribution >= 0.6 is 0 Å². The molecule has 2 atom stereocenters. The number of likely N-dealkylation sites (tertiary alicyclic amines) is 1. The van der Waals surface area contributed by atoms with E-state index in [1.165, 1.54) is 6.92 Å². The lowest BCUT2D eigenvalue weighted by molar-refractivity contribution is 0.0763. The van der Waals surface area contributed by atoms with Crippen LogP contribution in [0, 0.1) is 19.8 Å². The number of aromatic amines is 1. The van der Waals surface area contributed by atoms with Crippen LogP contribution in [0.1, 0.15) is 44.6 Å². The number of β-amino-alcohol motifs (C(OH)–C–C–N with tert-alkyl or cyclic N) is 1. The van der Waals surface area contributed by atoms with Crippen molar-refractivity contribution in [2.45, 2.75) is 33.3 Å². The molecule has 2 aromatic rings. The minimum Gasteiger partial charge on any atom is -0.391 e. The van der Waals surface area contributed by atoms with Crippen molar-refractivity contribution in [3.63, 3.8) is 0 Å². The van der Waals surface area contributed by atoms with Crippen LogP contribution < -0.4 is 0 Å². The van der Waals surface area contributed by atoms with E-state index in [2.05, 4.69) is 9.97 Å². The van der Waals surface area contributed by atoms with Gasteiger partial charge in [0, 0.05) is 44.0 Å². The van der Waals surface area contributed by atoms with Crippen LogP contribution in [-0.2, 0) is 6.42 Å². The summed E-state index contributed by atoms with van der Waals surface area (Å²) in [4.78, 5) is 33.3. The first-order chi connectivity index (χ1) is 11.9. The average Bonchev–Trinajstić information content (AvgIpc) is 3.08. The van der Waals surface area contributed by atoms with Crippen LogP contribution in [-0.4, -0.2) is 50.9 Å². The lowest BCUT2D eigenvalue weighted by Gasteiger charge is -2.17. The molecule has 132 valence electrons. The topological polar surface area (TPSA) is 86.3 Å². The molecule has 1 aliphatic heterocycles. The monoisotopic (exact) mass is 341 g/mol. The van der Waals surface area contributed by atoms with E-state index >= 15 is 0 Å². The van der Waals surface area contributed by atoms with Crippen molar-refractivity contribution in [1.29, 1.82) is 0 Å². The molecule has 6 nitrogen and oxygen atoms in total. The van der Waals surface area contributed by atoms with Gasteiger partial charge in [0.15, 0.2) is 5.78 Å². The number of Topliss-reactive ketones (excluding diaryl/α,β-unsaturated/α-hetero) is 1. The van der Waals surface area contributed by atoms with Crippen LogP contribution in [0.2, 0.25) is 0 Å². The summed E-state index contributed by atoms with van der Waals surface area (Å²) in [6.45, 7) is 5.88. The van der Waals surface area contributed by atoms with Crippen LogP contribution in [0.15, 0.2) is 24.5 Å². The van der Waals surface area contributed by atoms with Crippen molar-refractivity contribution < 1.29 is 14.7 Å². The quantitative estimate of drug-likeness (QED) is 0.832. The maximum Gasteiger partial charge on any atom is 0.256 e. The Morgan fingerprint density at radius 1 is 1.28 bits per heavy atom. The molecule has 1 aliphatic rings. The van der Waals surface area contributed by atoms with Crippen LogP contribution in [0.5, 0.6) is 0 Å². The molecule has 0 spiro atoms. The normalized spacial score (nSPS) is 20.1. The molecule has 25 heavy (non-hydrogen) atoms. The number of aliphatic hydroxyl groups is 1. The molecular weight excluding hydrogens is 318 g/mol. The maximum atomic E-state index is 12.9. The highest BCUT2D eigenvalue weighted by Gasteiger charge is 2.36. The highest BCUT2D eigenvalue weighted by molar-refractivity contribution is 6.02. The van der Waals surface area contributed by atoms with Gasteiger partial charge >= 0.3 is 0 Å². The average molecular weight is 341 g/mol. The Labute approximate surface area is 146 Å². The molecule has 2 N–H and O–H groups in total. The van der Waals surface area contributed by atoms with Gasteiger partial charge in [-0.1, -0.05) is 0 Å². The fourth-order valence-electron chi connectivity index (χ4n) is 3.62. The first kappa shape index (κ1) is 17.4. The second-order valence-corrected chi connectivity index (χ2v) is 6.78. The van der Waals surface area contributed by atoms with E-state index in [1.54, 1.807) is 31.1 Å². The predicted octanol–water partition coefficient (Wildman–Crippen LogP) is 1.90. The van der Waals surface area contributed by atoms with Gasteiger partial charge in [0.1, 0.15) is 0 Å². The summed E-state index contributed by atoms with van der Waals surface area (Å²) < 4.78 is 0. The van der Waals surface area contributed by atoms with E-state index in [-0.39, 0.29) is 17.6 Å². The van der Waals surface area contributed by atoms with Gasteiger partial charge in [-0.2, -0.15) is 0 Å². The molecule has 6 heteroatoms. The van der Waals surface area contributed by atoms with Crippen molar-refractivity contribution in [1.82, 2.24) is 14.9 Å². The Morgan fingerprint density at radius 2 is 1.96 bits per heavy atom. The van der Waals surface area contributed by atoms with E-state index < -0.39 is 6.10 Å². The smallest absolute Gasteiger partial charge is 0.256 e. The SMILES string of the molecule is CC(=O)c1[nH]c(C)c(C(=O)N2C[C@@H](Cc3ccncc3)[C@@H](O)C2)c1C. The van der Waals surface area contributed by atoms with Gasteiger partial charge in [-0.15, -0.1) is 0 Å². The van der Waals surface area contributed by atoms with Gasteiger partial charge in [-0.3, -0.25) is 14.6 Å². The second kappa shape index (κ2) is 6.80. The summed E-state index contributed by atoms with van der Waals surface area (Å²) in [5, 5.41) is 10.4. The second-order valence-electron chi connectivity index (χ2n) is 6.78. The number of nitrogens with one attached hydrogen (secondary N) is 1. The zero-order valence-corrected chi connectivity index (χ0v) is 14.7. The van der Waals surface area contributed by atoms with E-state index in [0.717, 1.165) is 5.56 Å². The van der Waals surface area contributed by atoms with Gasteiger partial charge in [0.2, 0.25) is 0 Å². The van der Waals surface area contributed by atoms with Crippen LogP contribution in [0.3, 0.4) is 0 Å². The number of rotatable bonds is 4. The number of hydrogen-bond donors (Lipinski definition) is 2. The molecule has 1 fully saturated rings. The first-order valence-electron chi connectivity index (χ1n) is 8.44. The van der Waals surface area contributed by atoms with Crippen molar-refractivity contribution >= 4 is 11.7 Å². The molecule has 0 aliphatic carbocycles. The van der Waals surface area contributed by atoms with Crippen LogP contribution in [0.25, 0.3) is 0 Å². The number of ketones is 1. The molecule has 0 unspecified atom stereocenters. The fourth-order valence-corrected chi connectivity index (χ4v) is 3.62. The zero-order valence-electron chi connectivity index (χ0n) is 14.7. The van der Waals surface area contributed by atoms with E-state index in [1.807, 2.05) is 12.1 Å². The molecule has 2 aromatic heterocycles. The fraction of sp³-hybridized carbons (Fsp3) is 0.421. The summed E-state index contributed by atoms with van der Waals surface area (Å²) in [6, 6.07) is 3.85. The van der Waals surface area contributed by atoms with Crippen molar-refractivity contribution in [3.05, 3.63) is 52.6 Å². The Kier molecular flexibility index (Phi) is 4.72. The Hall–Kier alpha value is -2.47. The molecule has 3 heterocycles. The lowest BCUT2D eigenvalue weighted by atomic mass is 9.97. The first-order valence-corrected chi connectivity index (χ1v) is 8.44. The molecule has 1 amide bonds. The summed E-state index contributed by atoms with van der Waals surface area (Å²) >= 11 is 0. The summed E-state index contributed by atoms with van der Waals surface area (Å²) in [5.74, 6) is -0.218. The number of H-pyrrole nitrogens is 1. The van der Waals surface area contributed by atoms with Crippen molar-refractivity contribution in [2.75, 3.05) is 13.1 Å². The minimum atomic E-state index is -0.552.